The van der Waals surface area contributed by atoms with Crippen LogP contribution in [-0.2, 0) is 0 Å². The Morgan fingerprint density at radius 2 is 1.76 bits per heavy atom. The summed E-state index contributed by atoms with van der Waals surface area (Å²) in [5.74, 6) is 0.0856. The van der Waals surface area contributed by atoms with Crippen LogP contribution in [0.2, 0.25) is 0 Å². The van der Waals surface area contributed by atoms with Gasteiger partial charge in [0.15, 0.2) is 0 Å². The first-order chi connectivity index (χ1) is 13.6. The van der Waals surface area contributed by atoms with Crippen LogP contribution < -0.4 is 0 Å². The van der Waals surface area contributed by atoms with Crippen molar-refractivity contribution < 1.29 is 8.78 Å². The van der Waals surface area contributed by atoms with Gasteiger partial charge in [-0.05, 0) is 84.2 Å². The van der Waals surface area contributed by atoms with E-state index < -0.39 is 5.92 Å². The molecule has 0 N–H and O–H groups in total. The van der Waals surface area contributed by atoms with Gasteiger partial charge < -0.3 is 0 Å². The Kier molecular flexibility index (Phi) is 5.57. The molecule has 0 aromatic rings. The Balaban J connectivity index is 1.54. The normalized spacial score (nSPS) is 39.7. The molecule has 5 atom stereocenters. The predicted octanol–water partition coefficient (Wildman–Crippen LogP) is 8.73. The minimum atomic E-state index is -2.44. The highest BCUT2D eigenvalue weighted by atomic mass is 19.3. The third kappa shape index (κ3) is 3.65. The molecule has 0 radical (unpaired) electrons. The van der Waals surface area contributed by atoms with Crippen molar-refractivity contribution >= 4 is 0 Å². The first-order valence-corrected chi connectivity index (χ1v) is 12.4. The van der Waals surface area contributed by atoms with E-state index in [2.05, 4.69) is 40.7 Å². The number of hydrogen-bond acceptors (Lipinski definition) is 0. The lowest BCUT2D eigenvalue weighted by Gasteiger charge is -2.54. The van der Waals surface area contributed by atoms with Crippen LogP contribution in [-0.4, -0.2) is 5.92 Å². The summed E-state index contributed by atoms with van der Waals surface area (Å²) in [6.07, 6.45) is 13.1. The van der Waals surface area contributed by atoms with Crippen molar-refractivity contribution in [2.75, 3.05) is 0 Å². The van der Waals surface area contributed by atoms with Crippen molar-refractivity contribution in [1.82, 2.24) is 0 Å². The van der Waals surface area contributed by atoms with Crippen LogP contribution in [0, 0.1) is 34.5 Å². The molecule has 0 nitrogen and oxygen atoms in total. The molecule has 0 aromatic carbocycles. The molecule has 0 aromatic heterocycles. The highest BCUT2D eigenvalue weighted by molar-refractivity contribution is 5.49. The SMILES string of the molecule is CC(C)CCC[C@@H](C)[C@H]1CC=C2C3=C(CC[C@@]21C)[C@@]1(C)CCC(F)(F)C[C@@H]1CC3. The Labute approximate surface area is 177 Å². The molecule has 0 spiro atoms. The first kappa shape index (κ1) is 21.6. The fourth-order valence-electron chi connectivity index (χ4n) is 7.72. The highest BCUT2D eigenvalue weighted by Gasteiger charge is 2.55. The van der Waals surface area contributed by atoms with Gasteiger partial charge in [0.1, 0.15) is 0 Å². The van der Waals surface area contributed by atoms with Crippen molar-refractivity contribution in [3.63, 3.8) is 0 Å². The van der Waals surface area contributed by atoms with E-state index in [9.17, 15) is 8.78 Å². The average Bonchev–Trinajstić information content (AvgIpc) is 2.99. The fourth-order valence-corrected chi connectivity index (χ4v) is 7.72. The lowest BCUT2D eigenvalue weighted by molar-refractivity contribution is -0.0905. The lowest BCUT2D eigenvalue weighted by atomic mass is 9.51. The van der Waals surface area contributed by atoms with E-state index in [1.807, 2.05) is 0 Å². The van der Waals surface area contributed by atoms with Crippen LogP contribution in [0.1, 0.15) is 105 Å². The van der Waals surface area contributed by atoms with Crippen molar-refractivity contribution in [3.8, 4) is 0 Å². The first-order valence-electron chi connectivity index (χ1n) is 12.4. The second-order valence-corrected chi connectivity index (χ2v) is 11.8. The van der Waals surface area contributed by atoms with Gasteiger partial charge in [-0.25, -0.2) is 8.78 Å². The monoisotopic (exact) mass is 404 g/mol. The van der Waals surface area contributed by atoms with Gasteiger partial charge in [-0.2, -0.15) is 0 Å². The quantitative estimate of drug-likeness (QED) is 0.430. The van der Waals surface area contributed by atoms with Crippen molar-refractivity contribution in [2.24, 2.45) is 34.5 Å². The summed E-state index contributed by atoms with van der Waals surface area (Å²) in [5, 5.41) is 0. The second-order valence-electron chi connectivity index (χ2n) is 11.8. The maximum atomic E-state index is 14.1. The summed E-state index contributed by atoms with van der Waals surface area (Å²) in [6.45, 7) is 12.0. The van der Waals surface area contributed by atoms with Gasteiger partial charge in [0.05, 0.1) is 0 Å². The van der Waals surface area contributed by atoms with E-state index in [0.717, 1.165) is 37.0 Å². The molecule has 0 bridgehead atoms. The van der Waals surface area contributed by atoms with Crippen LogP contribution >= 0.6 is 0 Å². The van der Waals surface area contributed by atoms with E-state index >= 15 is 0 Å². The zero-order valence-electron chi connectivity index (χ0n) is 19.4. The molecule has 2 heteroatoms. The van der Waals surface area contributed by atoms with Crippen LogP contribution in [0.25, 0.3) is 0 Å². The van der Waals surface area contributed by atoms with Gasteiger partial charge in [0.25, 0.3) is 0 Å². The van der Waals surface area contributed by atoms with Crippen LogP contribution in [0.15, 0.2) is 22.8 Å². The highest BCUT2D eigenvalue weighted by Crippen LogP contribution is 2.65. The summed E-state index contributed by atoms with van der Waals surface area (Å²) >= 11 is 0. The topological polar surface area (TPSA) is 0 Å². The number of rotatable bonds is 5. The Bertz CT molecular complexity index is 699. The van der Waals surface area contributed by atoms with Gasteiger partial charge in [-0.15, -0.1) is 0 Å². The van der Waals surface area contributed by atoms with Gasteiger partial charge in [0, 0.05) is 12.8 Å². The van der Waals surface area contributed by atoms with Crippen LogP contribution in [0.4, 0.5) is 8.78 Å². The number of fused-ring (bicyclic) bond motifs is 4. The maximum Gasteiger partial charge on any atom is 0.248 e. The molecule has 0 saturated heterocycles. The molecule has 4 aliphatic rings. The third-order valence-corrected chi connectivity index (χ3v) is 9.61. The van der Waals surface area contributed by atoms with E-state index in [1.165, 1.54) is 32.1 Å². The molecular formula is C27H42F2. The van der Waals surface area contributed by atoms with Gasteiger partial charge in [-0.1, -0.05) is 65.5 Å². The zero-order valence-corrected chi connectivity index (χ0v) is 19.4. The minimum absolute atomic E-state index is 0.0262. The average molecular weight is 405 g/mol. The molecular weight excluding hydrogens is 362 g/mol. The number of halogens is 2. The Hall–Kier alpha value is -0.660. The standard InChI is InChI=1S/C27H42F2/c1-18(2)7-6-8-19(3)22-11-12-23-21-10-9-20-17-27(28,29)16-15-25(20,4)24(21)13-14-26(22,23)5/h12,18-20,22H,6-11,13-17H2,1-5H3/t19-,20+,22-,25+,26-/m1/s1. The van der Waals surface area contributed by atoms with E-state index in [1.54, 1.807) is 16.7 Å². The summed E-state index contributed by atoms with van der Waals surface area (Å²) in [7, 11) is 0. The minimum Gasteiger partial charge on any atom is -0.207 e. The zero-order chi connectivity index (χ0) is 21.0. The molecule has 0 heterocycles. The molecule has 0 amide bonds. The lowest BCUT2D eigenvalue weighted by Crippen LogP contribution is -2.45. The number of allylic oxidation sites excluding steroid dienone is 4. The largest absolute Gasteiger partial charge is 0.248 e. The molecule has 4 aliphatic carbocycles. The van der Waals surface area contributed by atoms with E-state index in [0.29, 0.717) is 11.8 Å². The van der Waals surface area contributed by atoms with Crippen LogP contribution in [0.5, 0.6) is 0 Å². The van der Waals surface area contributed by atoms with Gasteiger partial charge in [-0.3, -0.25) is 0 Å². The molecule has 29 heavy (non-hydrogen) atoms. The Morgan fingerprint density at radius 3 is 2.48 bits per heavy atom. The summed E-state index contributed by atoms with van der Waals surface area (Å²) in [5.41, 5.74) is 5.17. The van der Waals surface area contributed by atoms with Crippen LogP contribution in [0.3, 0.4) is 0 Å². The molecule has 0 unspecified atom stereocenters. The number of alkyl halides is 2. The predicted molar refractivity (Wildman–Crippen MR) is 118 cm³/mol. The second kappa shape index (κ2) is 7.49. The van der Waals surface area contributed by atoms with Gasteiger partial charge >= 0.3 is 0 Å². The molecule has 164 valence electrons. The Morgan fingerprint density at radius 1 is 1.00 bits per heavy atom. The maximum absolute atomic E-state index is 14.1. The third-order valence-electron chi connectivity index (χ3n) is 9.61. The molecule has 1 fully saturated rings. The summed E-state index contributed by atoms with van der Waals surface area (Å²) < 4.78 is 28.2. The van der Waals surface area contributed by atoms with E-state index in [-0.39, 0.29) is 24.2 Å². The van der Waals surface area contributed by atoms with Gasteiger partial charge in [0.2, 0.25) is 5.92 Å². The molecule has 4 rings (SSSR count). The molecule has 1 saturated carbocycles. The van der Waals surface area contributed by atoms with Crippen molar-refractivity contribution in [3.05, 3.63) is 22.8 Å². The smallest absolute Gasteiger partial charge is 0.207 e. The van der Waals surface area contributed by atoms with Crippen molar-refractivity contribution in [2.45, 2.75) is 111 Å². The summed E-state index contributed by atoms with van der Waals surface area (Å²) in [6, 6.07) is 0. The molecule has 0 aliphatic heterocycles. The van der Waals surface area contributed by atoms with E-state index in [4.69, 9.17) is 0 Å². The fraction of sp³-hybridized carbons (Fsp3) is 0.852. The van der Waals surface area contributed by atoms with Crippen molar-refractivity contribution in [1.29, 1.82) is 0 Å². The summed E-state index contributed by atoms with van der Waals surface area (Å²) in [4.78, 5) is 0. The number of hydrogen-bond donors (Lipinski definition) is 0.